The summed E-state index contributed by atoms with van der Waals surface area (Å²) in [5.74, 6) is -8.04. The summed E-state index contributed by atoms with van der Waals surface area (Å²) >= 11 is 1.29. The Morgan fingerprint density at radius 1 is 0.521 bits per heavy atom. The Kier molecular flexibility index (Phi) is 13.0. The van der Waals surface area contributed by atoms with Gasteiger partial charge in [0.15, 0.2) is 11.8 Å². The van der Waals surface area contributed by atoms with E-state index in [0.29, 0.717) is 66.9 Å². The van der Waals surface area contributed by atoms with E-state index in [1.807, 2.05) is 66.7 Å². The van der Waals surface area contributed by atoms with Gasteiger partial charge in [-0.05, 0) is 66.2 Å². The highest BCUT2D eigenvalue weighted by Gasteiger charge is 2.39. The number of benzene rings is 6. The first-order valence-corrected chi connectivity index (χ1v) is 22.8. The van der Waals surface area contributed by atoms with E-state index in [0.717, 1.165) is 0 Å². The van der Waals surface area contributed by atoms with Gasteiger partial charge in [-0.25, -0.2) is 19.0 Å². The van der Waals surface area contributed by atoms with Crippen molar-refractivity contribution >= 4 is 58.5 Å². The fourth-order valence-corrected chi connectivity index (χ4v) is 9.65. The summed E-state index contributed by atoms with van der Waals surface area (Å²) in [6.07, 6.45) is 0.152. The SMILES string of the molecule is N#CC(C(=O)Nc1ccccc1)C(=O)c1nn(-c2ccccc2)c2c1CSc1c(C(=O)O)cccc1-2.N#CC(C(=O)Nc1ccccc1)C(=O)c1nn(-c2ccccc2)c2c1Cc1c(C(=O)O)cccc1-2. The second-order valence-corrected chi connectivity index (χ2v) is 17.0. The lowest BCUT2D eigenvalue weighted by Gasteiger charge is -2.20. The van der Waals surface area contributed by atoms with Crippen LogP contribution >= 0.6 is 11.8 Å². The first-order valence-electron chi connectivity index (χ1n) is 21.8. The van der Waals surface area contributed by atoms with Crippen molar-refractivity contribution in [2.75, 3.05) is 10.6 Å². The minimum atomic E-state index is -1.62. The van der Waals surface area contributed by atoms with Crippen LogP contribution in [-0.2, 0) is 21.8 Å². The zero-order valence-corrected chi connectivity index (χ0v) is 37.8. The Labute approximate surface area is 408 Å². The van der Waals surface area contributed by atoms with Gasteiger partial charge in [-0.1, -0.05) is 97.1 Å². The molecule has 2 aliphatic rings. The molecule has 4 N–H and O–H groups in total. The van der Waals surface area contributed by atoms with Crippen molar-refractivity contribution in [3.63, 3.8) is 0 Å². The topological polar surface area (TPSA) is 250 Å². The lowest BCUT2D eigenvalue weighted by molar-refractivity contribution is -0.118. The average Bonchev–Trinajstić information content (AvgIpc) is 4.09. The third-order valence-electron chi connectivity index (χ3n) is 11.7. The van der Waals surface area contributed by atoms with Crippen LogP contribution in [0.1, 0.15) is 58.4 Å². The minimum absolute atomic E-state index is 0.0162. The average molecular weight is 957 g/mol. The van der Waals surface area contributed by atoms with Gasteiger partial charge >= 0.3 is 11.9 Å². The van der Waals surface area contributed by atoms with E-state index in [1.165, 1.54) is 23.9 Å². The number of ketones is 2. The van der Waals surface area contributed by atoms with Crippen LogP contribution in [0.2, 0.25) is 0 Å². The highest BCUT2D eigenvalue weighted by atomic mass is 32.2. The van der Waals surface area contributed by atoms with Gasteiger partial charge in [0.25, 0.3) is 0 Å². The van der Waals surface area contributed by atoms with E-state index in [2.05, 4.69) is 20.8 Å². The van der Waals surface area contributed by atoms with Crippen LogP contribution in [0, 0.1) is 34.5 Å². The van der Waals surface area contributed by atoms with Gasteiger partial charge in [0, 0.05) is 50.7 Å². The molecule has 0 saturated carbocycles. The Hall–Kier alpha value is -9.71. The van der Waals surface area contributed by atoms with Gasteiger partial charge in [-0.3, -0.25) is 19.2 Å². The number of nitriles is 2. The zero-order valence-electron chi connectivity index (χ0n) is 37.0. The molecule has 3 heterocycles. The number of hydrogen-bond donors (Lipinski definition) is 4. The molecule has 0 spiro atoms. The number of anilines is 2. The highest BCUT2D eigenvalue weighted by molar-refractivity contribution is 7.98. The molecule has 2 unspecified atom stereocenters. The number of thioether (sulfide) groups is 1. The molecule has 10 rings (SSSR count). The van der Waals surface area contributed by atoms with Crippen molar-refractivity contribution in [2.45, 2.75) is 17.1 Å². The molecule has 2 aromatic heterocycles. The number of nitrogens with one attached hydrogen (secondary N) is 2. The molecule has 1 aliphatic carbocycles. The third kappa shape index (κ3) is 8.95. The van der Waals surface area contributed by atoms with Gasteiger partial charge in [0.2, 0.25) is 23.4 Å². The van der Waals surface area contributed by atoms with Crippen LogP contribution in [0.3, 0.4) is 0 Å². The Morgan fingerprint density at radius 3 is 1.41 bits per heavy atom. The molecule has 17 heteroatoms. The molecule has 16 nitrogen and oxygen atoms in total. The molecule has 0 fully saturated rings. The molecular formula is C54H36N8O8S. The van der Waals surface area contributed by atoms with E-state index in [1.54, 1.807) is 100 Å². The fraction of sp³-hybridized carbons (Fsp3) is 0.0741. The maximum absolute atomic E-state index is 13.5. The van der Waals surface area contributed by atoms with Gasteiger partial charge in [0.1, 0.15) is 11.4 Å². The summed E-state index contributed by atoms with van der Waals surface area (Å²) in [7, 11) is 0. The Morgan fingerprint density at radius 2 is 0.944 bits per heavy atom. The van der Waals surface area contributed by atoms with Gasteiger partial charge in [-0.2, -0.15) is 20.7 Å². The monoisotopic (exact) mass is 956 g/mol. The standard InChI is InChI=1S/C27H18N4O4S.C27H18N4O4/c28-14-20(26(33)29-16-8-3-1-4-9-16)24(32)22-21-15-36-25-18(12-7-13-19(25)27(34)35)23(21)31(30-22)17-10-5-2-6-11-17;28-15-22(26(33)29-16-8-3-1-4-9-16)25(32)23-21-14-20-18(12-7-13-19(20)27(34)35)24(21)31(30-23)17-10-5-2-6-11-17/h1-13,20H,15H2,(H,29,33)(H,34,35);1-13,22H,14H2,(H,29,33)(H,34,35). The number of rotatable bonds is 12. The Balaban J connectivity index is 0.000000176. The second kappa shape index (κ2) is 19.9. The van der Waals surface area contributed by atoms with Crippen LogP contribution in [-0.4, -0.2) is 65.1 Å². The van der Waals surface area contributed by atoms with E-state index in [-0.39, 0.29) is 34.7 Å². The highest BCUT2D eigenvalue weighted by Crippen LogP contribution is 2.46. The van der Waals surface area contributed by atoms with E-state index >= 15 is 0 Å². The first-order chi connectivity index (χ1) is 34.5. The summed E-state index contributed by atoms with van der Waals surface area (Å²) < 4.78 is 3.15. The van der Waals surface area contributed by atoms with Crippen molar-refractivity contribution in [3.8, 4) is 46.0 Å². The lowest BCUT2D eigenvalue weighted by Crippen LogP contribution is -2.29. The number of carboxylic acid groups (broad SMARTS) is 2. The van der Waals surface area contributed by atoms with Crippen molar-refractivity contribution in [1.82, 2.24) is 19.6 Å². The number of fused-ring (bicyclic) bond motifs is 6. The molecule has 2 amide bonds. The summed E-state index contributed by atoms with van der Waals surface area (Å²) in [5.41, 5.74) is 6.59. The van der Waals surface area contributed by atoms with Crippen LogP contribution in [0.5, 0.6) is 0 Å². The van der Waals surface area contributed by atoms with Crippen LogP contribution in [0.25, 0.3) is 33.9 Å². The Bertz CT molecular complexity index is 3530. The quantitative estimate of drug-likeness (QED) is 0.0660. The smallest absolute Gasteiger partial charge is 0.336 e. The largest absolute Gasteiger partial charge is 0.478 e. The zero-order chi connectivity index (χ0) is 49.8. The molecule has 2 atom stereocenters. The van der Waals surface area contributed by atoms with Gasteiger partial charge in [-0.15, -0.1) is 11.8 Å². The molecule has 346 valence electrons. The van der Waals surface area contributed by atoms with Crippen molar-refractivity contribution in [1.29, 1.82) is 10.5 Å². The number of Topliss-reactive ketones (excluding diaryl/α,β-unsaturated/α-hetero) is 2. The van der Waals surface area contributed by atoms with E-state index in [4.69, 9.17) is 0 Å². The van der Waals surface area contributed by atoms with Crippen LogP contribution in [0.15, 0.2) is 163 Å². The third-order valence-corrected chi connectivity index (χ3v) is 12.9. The number of carbonyl (C=O) groups is 6. The number of para-hydroxylation sites is 4. The molecule has 0 saturated heterocycles. The molecule has 1 aliphatic heterocycles. The van der Waals surface area contributed by atoms with Crippen LogP contribution < -0.4 is 10.6 Å². The predicted octanol–water partition coefficient (Wildman–Crippen LogP) is 8.91. The van der Waals surface area contributed by atoms with E-state index < -0.39 is 47.2 Å². The molecule has 71 heavy (non-hydrogen) atoms. The van der Waals surface area contributed by atoms with Crippen LogP contribution in [0.4, 0.5) is 11.4 Å². The van der Waals surface area contributed by atoms with E-state index in [9.17, 15) is 49.5 Å². The minimum Gasteiger partial charge on any atom is -0.478 e. The molecule has 8 aromatic rings. The number of amides is 2. The maximum atomic E-state index is 13.5. The fourth-order valence-electron chi connectivity index (χ4n) is 8.45. The van der Waals surface area contributed by atoms with Crippen molar-refractivity contribution in [3.05, 3.63) is 197 Å². The molecule has 0 bridgehead atoms. The number of carbonyl (C=O) groups excluding carboxylic acids is 4. The predicted molar refractivity (Wildman–Crippen MR) is 261 cm³/mol. The number of nitrogens with zero attached hydrogens (tertiary/aromatic N) is 6. The molecule has 6 aromatic carbocycles. The summed E-state index contributed by atoms with van der Waals surface area (Å²) in [5, 5.41) is 53.1. The molecule has 0 radical (unpaired) electrons. The number of aromatic nitrogens is 4. The number of aromatic carboxylic acids is 2. The normalized spacial score (nSPS) is 12.4. The van der Waals surface area contributed by atoms with Gasteiger partial charge in [0.05, 0.1) is 46.0 Å². The van der Waals surface area contributed by atoms with Crippen molar-refractivity contribution < 1.29 is 39.0 Å². The van der Waals surface area contributed by atoms with Crippen molar-refractivity contribution in [2.24, 2.45) is 11.8 Å². The summed E-state index contributed by atoms with van der Waals surface area (Å²) in [6.45, 7) is 0. The van der Waals surface area contributed by atoms with Gasteiger partial charge < -0.3 is 20.8 Å². The number of hydrogen-bond acceptors (Lipinski definition) is 11. The summed E-state index contributed by atoms with van der Waals surface area (Å²) in [6, 6.07) is 48.9. The summed E-state index contributed by atoms with van der Waals surface area (Å²) in [4.78, 5) is 77.0. The lowest BCUT2D eigenvalue weighted by atomic mass is 9.96. The number of carboxylic acids is 2. The first kappa shape index (κ1) is 46.4. The molecular weight excluding hydrogens is 921 g/mol. The maximum Gasteiger partial charge on any atom is 0.336 e. The second-order valence-electron chi connectivity index (χ2n) is 16.0.